The third kappa shape index (κ3) is 2.33. The molecule has 0 saturated carbocycles. The van der Waals surface area contributed by atoms with Crippen molar-refractivity contribution in [2.75, 3.05) is 5.32 Å². The number of hydrogen-bond acceptors (Lipinski definition) is 3. The number of nitrogens with one attached hydrogen (secondary N) is 1. The van der Waals surface area contributed by atoms with Gasteiger partial charge in [-0.2, -0.15) is 0 Å². The summed E-state index contributed by atoms with van der Waals surface area (Å²) in [6, 6.07) is 12.7. The van der Waals surface area contributed by atoms with E-state index < -0.39 is 0 Å². The van der Waals surface area contributed by atoms with Crippen molar-refractivity contribution in [1.82, 2.24) is 9.97 Å². The lowest BCUT2D eigenvalue weighted by atomic mass is 10.2. The van der Waals surface area contributed by atoms with Gasteiger partial charge >= 0.3 is 0 Å². The summed E-state index contributed by atoms with van der Waals surface area (Å²) in [7, 11) is 0. The summed E-state index contributed by atoms with van der Waals surface area (Å²) >= 11 is 5.96. The van der Waals surface area contributed by atoms with Crippen molar-refractivity contribution in [2.45, 2.75) is 0 Å². The fourth-order valence-corrected chi connectivity index (χ4v) is 2.15. The molecule has 0 aliphatic carbocycles. The van der Waals surface area contributed by atoms with Crippen molar-refractivity contribution in [1.29, 1.82) is 0 Å². The van der Waals surface area contributed by atoms with Gasteiger partial charge in [0.1, 0.15) is 5.69 Å². The predicted molar refractivity (Wildman–Crippen MR) is 78.9 cm³/mol. The molecule has 2 aromatic heterocycles. The van der Waals surface area contributed by atoms with Crippen LogP contribution in [-0.2, 0) is 0 Å². The fourth-order valence-electron chi connectivity index (χ4n) is 1.94. The highest BCUT2D eigenvalue weighted by Crippen LogP contribution is 2.22. The smallest absolute Gasteiger partial charge is 0.275 e. The van der Waals surface area contributed by atoms with Crippen LogP contribution in [-0.4, -0.2) is 15.9 Å². The molecule has 5 heteroatoms. The van der Waals surface area contributed by atoms with E-state index in [1.807, 2.05) is 24.3 Å². The van der Waals surface area contributed by atoms with Crippen LogP contribution in [0, 0.1) is 0 Å². The first-order valence-corrected chi connectivity index (χ1v) is 6.39. The van der Waals surface area contributed by atoms with Gasteiger partial charge in [-0.25, -0.2) is 4.98 Å². The second-order valence-electron chi connectivity index (χ2n) is 4.17. The largest absolute Gasteiger partial charge is 0.319 e. The number of carbonyl (C=O) groups is 1. The molecule has 0 aliphatic heterocycles. The number of fused-ring (bicyclic) bond motifs is 1. The Balaban J connectivity index is 1.98. The Morgan fingerprint density at radius 1 is 1.00 bits per heavy atom. The molecular formula is C15H10ClN3O. The highest BCUT2D eigenvalue weighted by Gasteiger charge is 2.13. The van der Waals surface area contributed by atoms with Gasteiger partial charge < -0.3 is 5.32 Å². The first kappa shape index (κ1) is 12.6. The minimum Gasteiger partial charge on any atom is -0.319 e. The lowest BCUT2D eigenvalue weighted by molar-refractivity contribution is 0.102. The molecule has 2 heterocycles. The van der Waals surface area contributed by atoms with E-state index in [4.69, 9.17) is 11.6 Å². The van der Waals surface area contributed by atoms with Gasteiger partial charge in [0.15, 0.2) is 0 Å². The third-order valence-electron chi connectivity index (χ3n) is 2.85. The molecule has 3 aromatic rings. The van der Waals surface area contributed by atoms with Crippen molar-refractivity contribution >= 4 is 34.1 Å². The second-order valence-corrected chi connectivity index (χ2v) is 4.58. The van der Waals surface area contributed by atoms with Crippen molar-refractivity contribution in [3.63, 3.8) is 0 Å². The molecule has 0 spiro atoms. The van der Waals surface area contributed by atoms with E-state index in [1.165, 1.54) is 6.20 Å². The Bertz CT molecular complexity index is 783. The Hall–Kier alpha value is -2.46. The molecule has 0 fully saturated rings. The molecule has 4 nitrogen and oxygen atoms in total. The molecule has 0 saturated heterocycles. The summed E-state index contributed by atoms with van der Waals surface area (Å²) in [6.45, 7) is 0. The van der Waals surface area contributed by atoms with Gasteiger partial charge in [0.05, 0.1) is 16.2 Å². The number of carbonyl (C=O) groups excluding carboxylic acids is 1. The van der Waals surface area contributed by atoms with Gasteiger partial charge in [0.2, 0.25) is 0 Å². The summed E-state index contributed by atoms with van der Waals surface area (Å²) < 4.78 is 0. The fraction of sp³-hybridized carbons (Fsp3) is 0. The van der Waals surface area contributed by atoms with Crippen molar-refractivity contribution < 1.29 is 4.79 Å². The van der Waals surface area contributed by atoms with Crippen LogP contribution >= 0.6 is 11.6 Å². The minimum absolute atomic E-state index is 0.196. The molecule has 1 N–H and O–H groups in total. The molecule has 1 aromatic carbocycles. The number of rotatable bonds is 2. The van der Waals surface area contributed by atoms with Crippen LogP contribution < -0.4 is 5.32 Å². The summed E-state index contributed by atoms with van der Waals surface area (Å²) in [5, 5.41) is 4.07. The van der Waals surface area contributed by atoms with Gasteiger partial charge in [0.25, 0.3) is 5.91 Å². The Morgan fingerprint density at radius 3 is 2.60 bits per heavy atom. The number of hydrogen-bond donors (Lipinski definition) is 1. The second kappa shape index (κ2) is 5.27. The summed E-state index contributed by atoms with van der Waals surface area (Å²) in [5.41, 5.74) is 1.56. The summed E-state index contributed by atoms with van der Waals surface area (Å²) in [5.74, 6) is -0.353. The maximum Gasteiger partial charge on any atom is 0.275 e. The quantitative estimate of drug-likeness (QED) is 0.783. The van der Waals surface area contributed by atoms with Crippen molar-refractivity contribution in [3.05, 3.63) is 65.6 Å². The molecule has 0 radical (unpaired) electrons. The van der Waals surface area contributed by atoms with E-state index in [2.05, 4.69) is 15.3 Å². The van der Waals surface area contributed by atoms with Crippen LogP contribution in [0.5, 0.6) is 0 Å². The van der Waals surface area contributed by atoms with E-state index in [0.29, 0.717) is 10.7 Å². The monoisotopic (exact) mass is 283 g/mol. The predicted octanol–water partition coefficient (Wildman–Crippen LogP) is 3.54. The van der Waals surface area contributed by atoms with Gasteiger partial charge in [0, 0.05) is 17.8 Å². The lowest BCUT2D eigenvalue weighted by Gasteiger charge is -2.08. The van der Waals surface area contributed by atoms with E-state index in [0.717, 1.165) is 10.9 Å². The molecule has 0 aliphatic rings. The van der Waals surface area contributed by atoms with Crippen LogP contribution in [0.3, 0.4) is 0 Å². The van der Waals surface area contributed by atoms with Crippen LogP contribution in [0.4, 0.5) is 5.69 Å². The van der Waals surface area contributed by atoms with Crippen molar-refractivity contribution in [2.24, 2.45) is 0 Å². The summed E-state index contributed by atoms with van der Waals surface area (Å²) in [6.07, 6.45) is 3.22. The van der Waals surface area contributed by atoms with Gasteiger partial charge in [-0.05, 0) is 24.3 Å². The van der Waals surface area contributed by atoms with E-state index >= 15 is 0 Å². The maximum atomic E-state index is 12.2. The van der Waals surface area contributed by atoms with E-state index in [-0.39, 0.29) is 11.6 Å². The lowest BCUT2D eigenvalue weighted by Crippen LogP contribution is -2.14. The number of para-hydroxylation sites is 1. The molecule has 0 atom stereocenters. The first-order chi connectivity index (χ1) is 9.75. The van der Waals surface area contributed by atoms with Crippen LogP contribution in [0.1, 0.15) is 10.5 Å². The molecule has 20 heavy (non-hydrogen) atoms. The zero-order valence-corrected chi connectivity index (χ0v) is 11.1. The maximum absolute atomic E-state index is 12.2. The SMILES string of the molecule is O=C(Nc1cccc2cccnc12)c1ncccc1Cl. The van der Waals surface area contributed by atoms with Gasteiger partial charge in [-0.15, -0.1) is 0 Å². The zero-order chi connectivity index (χ0) is 13.9. The highest BCUT2D eigenvalue weighted by molar-refractivity contribution is 6.34. The topological polar surface area (TPSA) is 54.9 Å². The standard InChI is InChI=1S/C15H10ClN3O/c16-11-6-3-9-18-14(11)15(20)19-12-7-1-4-10-5-2-8-17-13(10)12/h1-9H,(H,19,20). The van der Waals surface area contributed by atoms with E-state index in [1.54, 1.807) is 24.4 Å². The van der Waals surface area contributed by atoms with Crippen molar-refractivity contribution in [3.8, 4) is 0 Å². The highest BCUT2D eigenvalue weighted by atomic mass is 35.5. The molecule has 98 valence electrons. The van der Waals surface area contributed by atoms with Crippen LogP contribution in [0.2, 0.25) is 5.02 Å². The number of benzene rings is 1. The third-order valence-corrected chi connectivity index (χ3v) is 3.16. The van der Waals surface area contributed by atoms with Crippen LogP contribution in [0.25, 0.3) is 10.9 Å². The van der Waals surface area contributed by atoms with E-state index in [9.17, 15) is 4.79 Å². The number of aromatic nitrogens is 2. The van der Waals surface area contributed by atoms with Crippen LogP contribution in [0.15, 0.2) is 54.9 Å². The molecule has 0 bridgehead atoms. The molecule has 1 amide bonds. The normalized spacial score (nSPS) is 10.4. The Morgan fingerprint density at radius 2 is 1.75 bits per heavy atom. The Kier molecular flexibility index (Phi) is 3.31. The molecular weight excluding hydrogens is 274 g/mol. The minimum atomic E-state index is -0.353. The zero-order valence-electron chi connectivity index (χ0n) is 10.4. The molecule has 3 rings (SSSR count). The average Bonchev–Trinajstić information content (AvgIpc) is 2.48. The first-order valence-electron chi connectivity index (χ1n) is 6.01. The number of nitrogens with zero attached hydrogens (tertiary/aromatic N) is 2. The molecule has 0 unspecified atom stereocenters. The van der Waals surface area contributed by atoms with Gasteiger partial charge in [-0.3, -0.25) is 9.78 Å². The average molecular weight is 284 g/mol. The number of amides is 1. The number of pyridine rings is 2. The number of halogens is 1. The number of anilines is 1. The Labute approximate surface area is 120 Å². The summed E-state index contributed by atoms with van der Waals surface area (Å²) in [4.78, 5) is 20.5. The van der Waals surface area contributed by atoms with Gasteiger partial charge in [-0.1, -0.05) is 29.8 Å².